The highest BCUT2D eigenvalue weighted by Gasteiger charge is 2.08. The van der Waals surface area contributed by atoms with Crippen molar-refractivity contribution in [2.75, 3.05) is 5.73 Å². The van der Waals surface area contributed by atoms with Crippen molar-refractivity contribution < 1.29 is 4.74 Å². The summed E-state index contributed by atoms with van der Waals surface area (Å²) in [6, 6.07) is 5.70. The van der Waals surface area contributed by atoms with Crippen LogP contribution in [0.25, 0.3) is 0 Å². The van der Waals surface area contributed by atoms with Gasteiger partial charge in [-0.05, 0) is 66.4 Å². The minimum Gasteiger partial charge on any atom is -0.487 e. The van der Waals surface area contributed by atoms with Crippen molar-refractivity contribution in [1.29, 1.82) is 0 Å². The van der Waals surface area contributed by atoms with Crippen LogP contribution in [-0.4, -0.2) is 0 Å². The summed E-state index contributed by atoms with van der Waals surface area (Å²) in [5.74, 6) is 0.778. The molecule has 0 atom stereocenters. The molecule has 0 aliphatic carbocycles. The first-order valence-electron chi connectivity index (χ1n) is 4.55. The molecule has 1 aromatic carbocycles. The Balaban J connectivity index is 2.15. The molecule has 0 radical (unpaired) electrons. The molecular formula is C11H9Br2NOS. The van der Waals surface area contributed by atoms with E-state index in [0.29, 0.717) is 12.3 Å². The molecule has 1 aromatic heterocycles. The second-order valence-corrected chi connectivity index (χ2v) is 5.72. The summed E-state index contributed by atoms with van der Waals surface area (Å²) < 4.78 is 7.44. The van der Waals surface area contributed by atoms with Gasteiger partial charge in [-0.1, -0.05) is 0 Å². The number of benzene rings is 1. The number of ether oxygens (including phenoxy) is 1. The van der Waals surface area contributed by atoms with Crippen LogP contribution in [0.5, 0.6) is 5.75 Å². The minimum absolute atomic E-state index is 0.560. The smallest absolute Gasteiger partial charge is 0.148 e. The molecule has 0 amide bonds. The summed E-state index contributed by atoms with van der Waals surface area (Å²) in [5.41, 5.74) is 7.57. The van der Waals surface area contributed by atoms with Gasteiger partial charge in [0.05, 0.1) is 8.95 Å². The van der Waals surface area contributed by atoms with Crippen molar-refractivity contribution in [3.63, 3.8) is 0 Å². The molecule has 1 heterocycles. The Hall–Kier alpha value is -0.520. The molecule has 0 unspecified atom stereocenters. The summed E-state index contributed by atoms with van der Waals surface area (Å²) in [4.78, 5) is 0. The number of hydrogen-bond donors (Lipinski definition) is 1. The predicted molar refractivity (Wildman–Crippen MR) is 74.9 cm³/mol. The molecule has 0 aliphatic rings. The molecule has 0 aliphatic heterocycles. The first kappa shape index (κ1) is 12.0. The maximum Gasteiger partial charge on any atom is 0.148 e. The average molecular weight is 363 g/mol. The second-order valence-electron chi connectivity index (χ2n) is 3.23. The summed E-state index contributed by atoms with van der Waals surface area (Å²) >= 11 is 8.52. The SMILES string of the molecule is Nc1cc(Br)c(OCc2ccsc2)c(Br)c1. The van der Waals surface area contributed by atoms with Gasteiger partial charge in [-0.2, -0.15) is 11.3 Å². The quantitative estimate of drug-likeness (QED) is 0.819. The van der Waals surface area contributed by atoms with E-state index < -0.39 is 0 Å². The maximum absolute atomic E-state index is 5.72. The van der Waals surface area contributed by atoms with Gasteiger partial charge in [-0.15, -0.1) is 0 Å². The average Bonchev–Trinajstić information content (AvgIpc) is 2.68. The van der Waals surface area contributed by atoms with Crippen LogP contribution in [0.4, 0.5) is 5.69 Å². The Morgan fingerprint density at radius 3 is 2.50 bits per heavy atom. The van der Waals surface area contributed by atoms with Crippen molar-refractivity contribution in [1.82, 2.24) is 0 Å². The molecular weight excluding hydrogens is 354 g/mol. The molecule has 0 bridgehead atoms. The zero-order chi connectivity index (χ0) is 11.5. The molecule has 5 heteroatoms. The topological polar surface area (TPSA) is 35.2 Å². The largest absolute Gasteiger partial charge is 0.487 e. The van der Waals surface area contributed by atoms with Crippen molar-refractivity contribution >= 4 is 48.9 Å². The lowest BCUT2D eigenvalue weighted by molar-refractivity contribution is 0.303. The van der Waals surface area contributed by atoms with Crippen LogP contribution in [0.2, 0.25) is 0 Å². The van der Waals surface area contributed by atoms with Crippen LogP contribution in [0.1, 0.15) is 5.56 Å². The Morgan fingerprint density at radius 2 is 1.94 bits per heavy atom. The molecule has 16 heavy (non-hydrogen) atoms. The standard InChI is InChI=1S/C11H9Br2NOS/c12-9-3-8(14)4-10(13)11(9)15-5-7-1-2-16-6-7/h1-4,6H,5,14H2. The summed E-state index contributed by atoms with van der Waals surface area (Å²) in [6.07, 6.45) is 0. The highest BCUT2D eigenvalue weighted by Crippen LogP contribution is 2.36. The predicted octanol–water partition coefficient (Wildman–Crippen LogP) is 4.43. The fourth-order valence-corrected chi connectivity index (χ4v) is 3.35. The number of nitrogen functional groups attached to an aromatic ring is 1. The molecule has 84 valence electrons. The summed E-state index contributed by atoms with van der Waals surface area (Å²) in [6.45, 7) is 0.560. The first-order valence-corrected chi connectivity index (χ1v) is 7.08. The van der Waals surface area contributed by atoms with Crippen molar-refractivity contribution in [3.05, 3.63) is 43.5 Å². The van der Waals surface area contributed by atoms with Gasteiger partial charge >= 0.3 is 0 Å². The molecule has 0 fully saturated rings. The van der Waals surface area contributed by atoms with Gasteiger partial charge in [0.2, 0.25) is 0 Å². The number of thiophene rings is 1. The van der Waals surface area contributed by atoms with Crippen molar-refractivity contribution in [3.8, 4) is 5.75 Å². The first-order chi connectivity index (χ1) is 7.66. The number of rotatable bonds is 3. The van der Waals surface area contributed by atoms with E-state index in [9.17, 15) is 0 Å². The van der Waals surface area contributed by atoms with E-state index in [1.54, 1.807) is 11.3 Å². The monoisotopic (exact) mass is 361 g/mol. The normalized spacial score (nSPS) is 10.4. The van der Waals surface area contributed by atoms with Crippen LogP contribution in [0.15, 0.2) is 37.9 Å². The van der Waals surface area contributed by atoms with Gasteiger partial charge in [0, 0.05) is 5.69 Å². The van der Waals surface area contributed by atoms with E-state index in [0.717, 1.165) is 14.7 Å². The fourth-order valence-electron chi connectivity index (χ4n) is 1.25. The van der Waals surface area contributed by atoms with Crippen LogP contribution < -0.4 is 10.5 Å². The highest BCUT2D eigenvalue weighted by molar-refractivity contribution is 9.11. The third-order valence-electron chi connectivity index (χ3n) is 1.98. The number of nitrogens with two attached hydrogens (primary N) is 1. The van der Waals surface area contributed by atoms with Gasteiger partial charge in [0.25, 0.3) is 0 Å². The molecule has 0 spiro atoms. The Bertz CT molecular complexity index is 462. The third-order valence-corrected chi connectivity index (χ3v) is 3.89. The van der Waals surface area contributed by atoms with E-state index in [2.05, 4.69) is 37.2 Å². The van der Waals surface area contributed by atoms with Crippen molar-refractivity contribution in [2.45, 2.75) is 6.61 Å². The molecule has 2 aromatic rings. The fraction of sp³-hybridized carbons (Fsp3) is 0.0909. The van der Waals surface area contributed by atoms with Gasteiger partial charge in [-0.3, -0.25) is 0 Å². The van der Waals surface area contributed by atoms with Crippen molar-refractivity contribution in [2.24, 2.45) is 0 Å². The van der Waals surface area contributed by atoms with E-state index in [1.807, 2.05) is 23.6 Å². The zero-order valence-electron chi connectivity index (χ0n) is 8.24. The number of anilines is 1. The zero-order valence-corrected chi connectivity index (χ0v) is 12.2. The van der Waals surface area contributed by atoms with Gasteiger partial charge in [0.15, 0.2) is 0 Å². The van der Waals surface area contributed by atoms with E-state index in [1.165, 1.54) is 5.56 Å². The molecule has 0 saturated heterocycles. The summed E-state index contributed by atoms with van der Waals surface area (Å²) in [7, 11) is 0. The van der Waals surface area contributed by atoms with E-state index in [-0.39, 0.29) is 0 Å². The van der Waals surface area contributed by atoms with E-state index in [4.69, 9.17) is 10.5 Å². The lowest BCUT2D eigenvalue weighted by Crippen LogP contribution is -1.96. The maximum atomic E-state index is 5.72. The molecule has 2 N–H and O–H groups in total. The number of hydrogen-bond acceptors (Lipinski definition) is 3. The van der Waals surface area contributed by atoms with E-state index >= 15 is 0 Å². The number of halogens is 2. The van der Waals surface area contributed by atoms with Crippen LogP contribution in [0, 0.1) is 0 Å². The van der Waals surface area contributed by atoms with Gasteiger partial charge < -0.3 is 10.5 Å². The van der Waals surface area contributed by atoms with Gasteiger partial charge in [0.1, 0.15) is 12.4 Å². The second kappa shape index (κ2) is 5.21. The highest BCUT2D eigenvalue weighted by atomic mass is 79.9. The van der Waals surface area contributed by atoms with Crippen LogP contribution in [-0.2, 0) is 6.61 Å². The lowest BCUT2D eigenvalue weighted by Gasteiger charge is -2.10. The minimum atomic E-state index is 0.560. The molecule has 2 nitrogen and oxygen atoms in total. The van der Waals surface area contributed by atoms with Gasteiger partial charge in [-0.25, -0.2) is 0 Å². The summed E-state index contributed by atoms with van der Waals surface area (Å²) in [5, 5.41) is 4.10. The van der Waals surface area contributed by atoms with Crippen LogP contribution in [0.3, 0.4) is 0 Å². The Morgan fingerprint density at radius 1 is 1.25 bits per heavy atom. The third kappa shape index (κ3) is 2.78. The Labute approximate surface area is 115 Å². The van der Waals surface area contributed by atoms with Crippen LogP contribution >= 0.6 is 43.2 Å². The molecule has 0 saturated carbocycles. The Kier molecular flexibility index (Phi) is 3.89. The lowest BCUT2D eigenvalue weighted by atomic mass is 10.3. The molecule has 2 rings (SSSR count).